The highest BCUT2D eigenvalue weighted by atomic mass is 16.4. The summed E-state index contributed by atoms with van der Waals surface area (Å²) in [5, 5.41) is 11.6. The largest absolute Gasteiger partial charge is 0.477 e. The monoisotopic (exact) mass is 198 g/mol. The molecular formula is C9H14N2O3. The molecule has 1 aliphatic rings. The van der Waals surface area contributed by atoms with Gasteiger partial charge in [0.25, 0.3) is 0 Å². The zero-order valence-electron chi connectivity index (χ0n) is 8.28. The minimum absolute atomic E-state index is 0.0231. The fraction of sp³-hybridized carbons (Fsp3) is 0.556. The van der Waals surface area contributed by atoms with Crippen LogP contribution in [0.5, 0.6) is 0 Å². The lowest BCUT2D eigenvalue weighted by molar-refractivity contribution is -0.141. The third kappa shape index (κ3) is 2.04. The summed E-state index contributed by atoms with van der Waals surface area (Å²) in [6.45, 7) is 4.51. The average Bonchev–Trinajstić information content (AvgIpc) is 2.16. The smallest absolute Gasteiger partial charge is 0.354 e. The Morgan fingerprint density at radius 2 is 2.21 bits per heavy atom. The van der Waals surface area contributed by atoms with Crippen LogP contribution in [0.2, 0.25) is 0 Å². The van der Waals surface area contributed by atoms with Crippen molar-refractivity contribution in [2.45, 2.75) is 13.8 Å². The van der Waals surface area contributed by atoms with Gasteiger partial charge in [-0.25, -0.2) is 4.79 Å². The molecule has 1 amide bonds. The van der Waals surface area contributed by atoms with Crippen LogP contribution in [-0.2, 0) is 9.59 Å². The van der Waals surface area contributed by atoms with E-state index in [1.54, 1.807) is 13.8 Å². The van der Waals surface area contributed by atoms with Crippen LogP contribution >= 0.6 is 0 Å². The molecule has 0 fully saturated rings. The SMILES string of the molecule is CC(C)C(=O)N1CCNC=C1C(=O)O. The van der Waals surface area contributed by atoms with Crippen LogP contribution in [0.25, 0.3) is 0 Å². The zero-order chi connectivity index (χ0) is 10.7. The molecule has 0 atom stereocenters. The summed E-state index contributed by atoms with van der Waals surface area (Å²) in [6.07, 6.45) is 1.37. The highest BCUT2D eigenvalue weighted by Crippen LogP contribution is 2.11. The molecule has 0 radical (unpaired) electrons. The molecule has 0 aliphatic carbocycles. The van der Waals surface area contributed by atoms with Gasteiger partial charge in [0.1, 0.15) is 5.70 Å². The van der Waals surface area contributed by atoms with Crippen molar-refractivity contribution in [3.8, 4) is 0 Å². The van der Waals surface area contributed by atoms with Crippen molar-refractivity contribution >= 4 is 11.9 Å². The van der Waals surface area contributed by atoms with E-state index >= 15 is 0 Å². The number of rotatable bonds is 2. The third-order valence-corrected chi connectivity index (χ3v) is 1.99. The number of nitrogens with zero attached hydrogens (tertiary/aromatic N) is 1. The molecule has 78 valence electrons. The highest BCUT2D eigenvalue weighted by Gasteiger charge is 2.26. The van der Waals surface area contributed by atoms with Crippen molar-refractivity contribution in [1.82, 2.24) is 10.2 Å². The van der Waals surface area contributed by atoms with Gasteiger partial charge in [-0.05, 0) is 0 Å². The van der Waals surface area contributed by atoms with Crippen molar-refractivity contribution in [2.24, 2.45) is 5.92 Å². The maximum atomic E-state index is 11.6. The first-order valence-electron chi connectivity index (χ1n) is 4.52. The van der Waals surface area contributed by atoms with E-state index in [1.165, 1.54) is 11.1 Å². The molecule has 1 aliphatic heterocycles. The molecule has 1 rings (SSSR count). The summed E-state index contributed by atoms with van der Waals surface area (Å²) < 4.78 is 0. The van der Waals surface area contributed by atoms with Crippen molar-refractivity contribution in [3.05, 3.63) is 11.9 Å². The van der Waals surface area contributed by atoms with Crippen molar-refractivity contribution < 1.29 is 14.7 Å². The van der Waals surface area contributed by atoms with Crippen LogP contribution in [0.15, 0.2) is 11.9 Å². The number of hydrogen-bond acceptors (Lipinski definition) is 3. The van der Waals surface area contributed by atoms with E-state index in [2.05, 4.69) is 5.32 Å². The molecule has 0 aromatic rings. The standard InChI is InChI=1S/C9H14N2O3/c1-6(2)8(12)11-4-3-10-5-7(11)9(13)14/h5-6,10H,3-4H2,1-2H3,(H,13,14). The predicted octanol–water partition coefficient (Wildman–Crippen LogP) is 0.000200. The number of carboxylic acids is 1. The van der Waals surface area contributed by atoms with E-state index < -0.39 is 5.97 Å². The molecular weight excluding hydrogens is 184 g/mol. The topological polar surface area (TPSA) is 69.6 Å². The summed E-state index contributed by atoms with van der Waals surface area (Å²) in [7, 11) is 0. The molecule has 0 aromatic carbocycles. The van der Waals surface area contributed by atoms with Gasteiger partial charge >= 0.3 is 5.97 Å². The van der Waals surface area contributed by atoms with Crippen LogP contribution < -0.4 is 5.32 Å². The molecule has 0 saturated carbocycles. The fourth-order valence-electron chi connectivity index (χ4n) is 1.26. The number of amides is 1. The maximum absolute atomic E-state index is 11.6. The normalized spacial score (nSPS) is 16.2. The second-order valence-corrected chi connectivity index (χ2v) is 3.43. The van der Waals surface area contributed by atoms with E-state index in [0.717, 1.165) is 0 Å². The van der Waals surface area contributed by atoms with Gasteiger partial charge in [0.05, 0.1) is 0 Å². The van der Waals surface area contributed by atoms with E-state index in [4.69, 9.17) is 5.11 Å². The number of carboxylic acid groups (broad SMARTS) is 1. The van der Waals surface area contributed by atoms with Gasteiger partial charge in [-0.2, -0.15) is 0 Å². The van der Waals surface area contributed by atoms with E-state index in [9.17, 15) is 9.59 Å². The average molecular weight is 198 g/mol. The lowest BCUT2D eigenvalue weighted by Gasteiger charge is -2.28. The minimum Gasteiger partial charge on any atom is -0.477 e. The molecule has 5 heteroatoms. The van der Waals surface area contributed by atoms with Gasteiger partial charge in [-0.1, -0.05) is 13.8 Å². The zero-order valence-corrected chi connectivity index (χ0v) is 8.28. The molecule has 2 N–H and O–H groups in total. The highest BCUT2D eigenvalue weighted by molar-refractivity contribution is 5.93. The number of carbonyl (C=O) groups excluding carboxylic acids is 1. The molecule has 0 bridgehead atoms. The van der Waals surface area contributed by atoms with E-state index in [0.29, 0.717) is 13.1 Å². The van der Waals surface area contributed by atoms with Gasteiger partial charge in [0, 0.05) is 25.2 Å². The van der Waals surface area contributed by atoms with Gasteiger partial charge in [-0.15, -0.1) is 0 Å². The Balaban J connectivity index is 2.86. The second kappa shape index (κ2) is 4.13. The summed E-state index contributed by atoms with van der Waals surface area (Å²) >= 11 is 0. The van der Waals surface area contributed by atoms with Crippen molar-refractivity contribution in [3.63, 3.8) is 0 Å². The first kappa shape index (κ1) is 10.6. The van der Waals surface area contributed by atoms with Crippen LogP contribution in [0, 0.1) is 5.92 Å². The third-order valence-electron chi connectivity index (χ3n) is 1.99. The summed E-state index contributed by atoms with van der Waals surface area (Å²) in [5.41, 5.74) is 0.0231. The summed E-state index contributed by atoms with van der Waals surface area (Å²) in [5.74, 6) is -1.41. The van der Waals surface area contributed by atoms with Gasteiger partial charge in [0.2, 0.25) is 5.91 Å². The fourth-order valence-corrected chi connectivity index (χ4v) is 1.26. The first-order chi connectivity index (χ1) is 6.54. The lowest BCUT2D eigenvalue weighted by Crippen LogP contribution is -2.43. The minimum atomic E-state index is -1.08. The molecule has 0 spiro atoms. The molecule has 0 aromatic heterocycles. The van der Waals surface area contributed by atoms with Gasteiger partial charge < -0.3 is 15.3 Å². The summed E-state index contributed by atoms with van der Waals surface area (Å²) in [6, 6.07) is 0. The molecule has 0 saturated heterocycles. The van der Waals surface area contributed by atoms with Gasteiger partial charge in [0.15, 0.2) is 0 Å². The Hall–Kier alpha value is -1.52. The van der Waals surface area contributed by atoms with Gasteiger partial charge in [-0.3, -0.25) is 4.79 Å². The quantitative estimate of drug-likeness (QED) is 0.655. The number of hydrogen-bond donors (Lipinski definition) is 2. The van der Waals surface area contributed by atoms with Crippen LogP contribution in [-0.4, -0.2) is 35.0 Å². The van der Waals surface area contributed by atoms with Crippen molar-refractivity contribution in [2.75, 3.05) is 13.1 Å². The first-order valence-corrected chi connectivity index (χ1v) is 4.52. The number of carbonyl (C=O) groups is 2. The molecule has 1 heterocycles. The van der Waals surface area contributed by atoms with Crippen LogP contribution in [0.1, 0.15) is 13.8 Å². The molecule has 14 heavy (non-hydrogen) atoms. The van der Waals surface area contributed by atoms with Crippen LogP contribution in [0.4, 0.5) is 0 Å². The second-order valence-electron chi connectivity index (χ2n) is 3.43. The van der Waals surface area contributed by atoms with Crippen LogP contribution in [0.3, 0.4) is 0 Å². The van der Waals surface area contributed by atoms with Crippen molar-refractivity contribution in [1.29, 1.82) is 0 Å². The molecule has 5 nitrogen and oxygen atoms in total. The lowest BCUT2D eigenvalue weighted by atomic mass is 10.1. The van der Waals surface area contributed by atoms with E-state index in [-0.39, 0.29) is 17.5 Å². The Kier molecular flexibility index (Phi) is 3.11. The molecule has 0 unspecified atom stereocenters. The number of nitrogens with one attached hydrogen (secondary N) is 1. The predicted molar refractivity (Wildman–Crippen MR) is 50.3 cm³/mol. The Morgan fingerprint density at radius 1 is 1.57 bits per heavy atom. The Bertz CT molecular complexity index is 284. The summed E-state index contributed by atoms with van der Waals surface area (Å²) in [4.78, 5) is 23.7. The maximum Gasteiger partial charge on any atom is 0.354 e. The Morgan fingerprint density at radius 3 is 2.71 bits per heavy atom. The van der Waals surface area contributed by atoms with E-state index in [1.807, 2.05) is 0 Å². The Labute approximate surface area is 82.4 Å². The number of aliphatic carboxylic acids is 1.